The first-order valence-corrected chi connectivity index (χ1v) is 13.8. The summed E-state index contributed by atoms with van der Waals surface area (Å²) in [5, 5.41) is 2.96. The van der Waals surface area contributed by atoms with Crippen LogP contribution in [-0.4, -0.2) is 26.7 Å². The Labute approximate surface area is 238 Å². The highest BCUT2D eigenvalue weighted by atomic mass is 32.1. The number of thiazole rings is 1. The molecule has 1 N–H and O–H groups in total. The second-order valence-electron chi connectivity index (χ2n) is 9.82. The van der Waals surface area contributed by atoms with Crippen molar-refractivity contribution >= 4 is 40.0 Å². The van der Waals surface area contributed by atoms with Gasteiger partial charge in [-0.3, -0.25) is 23.3 Å². The highest BCUT2D eigenvalue weighted by Gasteiger charge is 2.32. The molecule has 1 aliphatic rings. The number of anilines is 1. The first-order chi connectivity index (χ1) is 19.8. The van der Waals surface area contributed by atoms with Crippen LogP contribution in [0.4, 0.5) is 5.69 Å². The van der Waals surface area contributed by atoms with Crippen molar-refractivity contribution in [2.75, 3.05) is 12.4 Å². The Hall–Kier alpha value is -4.96. The second kappa shape index (κ2) is 10.2. The zero-order valence-corrected chi connectivity index (χ0v) is 23.7. The molecule has 0 radical (unpaired) electrons. The number of methoxy groups -OCH3 is 1. The third kappa shape index (κ3) is 4.52. The van der Waals surface area contributed by atoms with Gasteiger partial charge in [0.1, 0.15) is 5.75 Å². The average Bonchev–Trinajstić information content (AvgIpc) is 3.40. The number of ether oxygens (including phenoxy) is 1. The van der Waals surface area contributed by atoms with Crippen LogP contribution in [0.5, 0.6) is 5.75 Å². The topological polar surface area (TPSA) is 99.6 Å². The molecule has 1 atom stereocenters. The molecule has 5 aromatic rings. The maximum Gasteiger partial charge on any atom is 0.328 e. The zero-order valence-electron chi connectivity index (χ0n) is 22.9. The number of imidazole rings is 1. The molecule has 1 aliphatic heterocycles. The van der Waals surface area contributed by atoms with E-state index < -0.39 is 6.04 Å². The van der Waals surface area contributed by atoms with Gasteiger partial charge in [-0.25, -0.2) is 9.79 Å². The van der Waals surface area contributed by atoms with E-state index in [0.717, 1.165) is 22.2 Å². The van der Waals surface area contributed by atoms with Gasteiger partial charge >= 0.3 is 5.69 Å². The lowest BCUT2D eigenvalue weighted by atomic mass is 9.95. The molecule has 1 unspecified atom stereocenters. The molecule has 0 aliphatic carbocycles. The number of para-hydroxylation sites is 1. The Morgan fingerprint density at radius 1 is 0.976 bits per heavy atom. The minimum absolute atomic E-state index is 0.118. The van der Waals surface area contributed by atoms with Gasteiger partial charge < -0.3 is 10.1 Å². The molecular weight excluding hydrogens is 538 g/mol. The molecular formula is C31H27N5O4S. The summed E-state index contributed by atoms with van der Waals surface area (Å²) < 4.78 is 10.6. The van der Waals surface area contributed by atoms with Gasteiger partial charge in [-0.15, -0.1) is 0 Å². The van der Waals surface area contributed by atoms with Crippen LogP contribution in [0.25, 0.3) is 17.1 Å². The minimum atomic E-state index is -0.694. The highest BCUT2D eigenvalue weighted by Crippen LogP contribution is 2.31. The summed E-state index contributed by atoms with van der Waals surface area (Å²) in [4.78, 5) is 45.3. The van der Waals surface area contributed by atoms with Gasteiger partial charge in [-0.1, -0.05) is 47.7 Å². The second-order valence-corrected chi connectivity index (χ2v) is 10.8. The minimum Gasteiger partial charge on any atom is -0.497 e. The zero-order chi connectivity index (χ0) is 28.8. The van der Waals surface area contributed by atoms with Crippen molar-refractivity contribution in [3.8, 4) is 5.75 Å². The van der Waals surface area contributed by atoms with Crippen LogP contribution in [0.2, 0.25) is 0 Å². The molecule has 6 rings (SSSR count). The van der Waals surface area contributed by atoms with E-state index in [-0.39, 0.29) is 17.2 Å². The number of nitrogens with zero attached hydrogens (tertiary/aromatic N) is 4. The first-order valence-electron chi connectivity index (χ1n) is 12.9. The van der Waals surface area contributed by atoms with Gasteiger partial charge in [0.05, 0.1) is 40.0 Å². The molecule has 0 saturated carbocycles. The summed E-state index contributed by atoms with van der Waals surface area (Å²) in [6.07, 6.45) is 1.80. The summed E-state index contributed by atoms with van der Waals surface area (Å²) in [5.74, 6) is 0.339. The monoisotopic (exact) mass is 565 g/mol. The van der Waals surface area contributed by atoms with Crippen LogP contribution >= 0.6 is 11.3 Å². The third-order valence-electron chi connectivity index (χ3n) is 7.32. The van der Waals surface area contributed by atoms with Gasteiger partial charge in [-0.05, 0) is 60.5 Å². The fourth-order valence-electron chi connectivity index (χ4n) is 5.20. The van der Waals surface area contributed by atoms with E-state index >= 15 is 0 Å². The summed E-state index contributed by atoms with van der Waals surface area (Å²) in [6, 6.07) is 21.5. The number of benzene rings is 3. The van der Waals surface area contributed by atoms with Crippen LogP contribution in [0.1, 0.15) is 24.1 Å². The number of aryl methyl sites for hydroxylation is 2. The lowest BCUT2D eigenvalue weighted by molar-refractivity contribution is -0.113. The van der Waals surface area contributed by atoms with E-state index in [0.29, 0.717) is 32.0 Å². The van der Waals surface area contributed by atoms with Crippen LogP contribution in [-0.2, 0) is 18.9 Å². The van der Waals surface area contributed by atoms with Crippen molar-refractivity contribution in [3.63, 3.8) is 0 Å². The molecule has 3 aromatic carbocycles. The predicted molar refractivity (Wildman–Crippen MR) is 160 cm³/mol. The maximum absolute atomic E-state index is 14.0. The Balaban J connectivity index is 1.51. The van der Waals surface area contributed by atoms with Gasteiger partial charge in [0, 0.05) is 19.8 Å². The average molecular weight is 566 g/mol. The van der Waals surface area contributed by atoms with Crippen molar-refractivity contribution in [3.05, 3.63) is 125 Å². The highest BCUT2D eigenvalue weighted by molar-refractivity contribution is 7.07. The molecule has 1 amide bonds. The standard InChI is InChI=1S/C31H27N5O4S/c1-18-26(28(37)33-21-8-6-5-7-9-21)27(20-11-13-22(40-4)14-12-20)36-29(38)25(41-30(36)32-18)17-19-10-15-23-24(16-19)35(3)31(39)34(23)2/h5-17,27H,1-4H3,(H,33,37)/b25-17-. The normalized spacial score (nSPS) is 15.1. The third-order valence-corrected chi connectivity index (χ3v) is 8.31. The Bertz CT molecular complexity index is 2100. The Morgan fingerprint density at radius 3 is 2.39 bits per heavy atom. The number of aromatic nitrogens is 3. The summed E-state index contributed by atoms with van der Waals surface area (Å²) >= 11 is 1.27. The predicted octanol–water partition coefficient (Wildman–Crippen LogP) is 3.07. The number of allylic oxidation sites excluding steroid dienone is 1. The van der Waals surface area contributed by atoms with Crippen molar-refractivity contribution in [1.29, 1.82) is 0 Å². The number of amides is 1. The smallest absolute Gasteiger partial charge is 0.328 e. The number of hydrogen-bond acceptors (Lipinski definition) is 6. The molecule has 10 heteroatoms. The van der Waals surface area contributed by atoms with Crippen molar-refractivity contribution < 1.29 is 9.53 Å². The van der Waals surface area contributed by atoms with E-state index in [2.05, 4.69) is 5.32 Å². The number of rotatable bonds is 5. The summed E-state index contributed by atoms with van der Waals surface area (Å²) in [7, 11) is 5.04. The summed E-state index contributed by atoms with van der Waals surface area (Å²) in [6.45, 7) is 1.79. The van der Waals surface area contributed by atoms with E-state index in [4.69, 9.17) is 9.73 Å². The molecule has 0 saturated heterocycles. The first kappa shape index (κ1) is 26.3. The van der Waals surface area contributed by atoms with Crippen LogP contribution in [0.3, 0.4) is 0 Å². The Kier molecular flexibility index (Phi) is 6.55. The van der Waals surface area contributed by atoms with Gasteiger partial charge in [0.15, 0.2) is 4.80 Å². The molecule has 41 heavy (non-hydrogen) atoms. The van der Waals surface area contributed by atoms with Gasteiger partial charge in [-0.2, -0.15) is 0 Å². The van der Waals surface area contributed by atoms with E-state index in [1.165, 1.54) is 11.3 Å². The lowest BCUT2D eigenvalue weighted by Gasteiger charge is -2.25. The molecule has 0 spiro atoms. The maximum atomic E-state index is 14.0. The van der Waals surface area contributed by atoms with Crippen LogP contribution in [0, 0.1) is 0 Å². The van der Waals surface area contributed by atoms with Crippen molar-refractivity contribution in [2.45, 2.75) is 13.0 Å². The quantitative estimate of drug-likeness (QED) is 0.354. The SMILES string of the molecule is COc1ccc(C2C(C(=O)Nc3ccccc3)=C(C)N=c3s/c(=C\c4ccc5c(c4)n(C)c(=O)n5C)c(=O)n32)cc1. The van der Waals surface area contributed by atoms with Crippen LogP contribution in [0.15, 0.2) is 98.6 Å². The molecule has 0 fully saturated rings. The lowest BCUT2D eigenvalue weighted by Crippen LogP contribution is -2.40. The number of hydrogen-bond donors (Lipinski definition) is 1. The van der Waals surface area contributed by atoms with Gasteiger partial charge in [0.25, 0.3) is 11.5 Å². The number of fused-ring (bicyclic) bond motifs is 2. The largest absolute Gasteiger partial charge is 0.497 e. The number of carbonyl (C=O) groups is 1. The fourth-order valence-corrected chi connectivity index (χ4v) is 6.24. The number of nitrogens with one attached hydrogen (secondary N) is 1. The fraction of sp³-hybridized carbons (Fsp3) is 0.161. The van der Waals surface area contributed by atoms with Crippen molar-refractivity contribution in [2.24, 2.45) is 19.1 Å². The van der Waals surface area contributed by atoms with Crippen LogP contribution < -0.4 is 30.6 Å². The van der Waals surface area contributed by atoms with E-state index in [1.54, 1.807) is 47.9 Å². The number of carbonyl (C=O) groups excluding carboxylic acids is 1. The van der Waals surface area contributed by atoms with Gasteiger partial charge in [0.2, 0.25) is 0 Å². The van der Waals surface area contributed by atoms with Crippen molar-refractivity contribution in [1.82, 2.24) is 13.7 Å². The molecule has 206 valence electrons. The Morgan fingerprint density at radius 2 is 1.68 bits per heavy atom. The molecule has 2 aromatic heterocycles. The summed E-state index contributed by atoms with van der Waals surface area (Å²) in [5.41, 5.74) is 4.31. The van der Waals surface area contributed by atoms with E-state index in [1.807, 2.05) is 72.8 Å². The molecule has 9 nitrogen and oxygen atoms in total. The molecule has 3 heterocycles. The van der Waals surface area contributed by atoms with E-state index in [9.17, 15) is 14.4 Å². The molecule has 0 bridgehead atoms.